The Kier molecular flexibility index (Phi) is 7.00. The van der Waals surface area contributed by atoms with Gasteiger partial charge in [0.2, 0.25) is 0 Å². The van der Waals surface area contributed by atoms with Crippen LogP contribution in [0.4, 0.5) is 0 Å². The van der Waals surface area contributed by atoms with Gasteiger partial charge in [0.05, 0.1) is 19.3 Å². The van der Waals surface area contributed by atoms with Crippen LogP contribution in [-0.2, 0) is 4.74 Å². The van der Waals surface area contributed by atoms with E-state index in [4.69, 9.17) is 4.74 Å². The fourth-order valence-corrected chi connectivity index (χ4v) is 1.62. The number of hydrogen-bond acceptors (Lipinski definition) is 3. The topological polar surface area (TPSA) is 35.5 Å². The summed E-state index contributed by atoms with van der Waals surface area (Å²) in [6.45, 7) is 2.81. The van der Waals surface area contributed by atoms with E-state index < -0.39 is 0 Å². The lowest BCUT2D eigenvalue weighted by Gasteiger charge is -2.06. The van der Waals surface area contributed by atoms with Gasteiger partial charge in [-0.15, -0.1) is 0 Å². The highest BCUT2D eigenvalue weighted by Crippen LogP contribution is 2.13. The summed E-state index contributed by atoms with van der Waals surface area (Å²) in [5.41, 5.74) is 0.545. The maximum Gasteiger partial charge on any atom is 0.337 e. The molecule has 0 aliphatic carbocycles. The molecule has 0 fully saturated rings. The van der Waals surface area contributed by atoms with Gasteiger partial charge in [-0.3, -0.25) is 0 Å². The van der Waals surface area contributed by atoms with Crippen molar-refractivity contribution >= 4 is 13.2 Å². The van der Waals surface area contributed by atoms with Gasteiger partial charge in [0.1, 0.15) is 13.0 Å². The lowest BCUT2D eigenvalue weighted by atomic mass is 9.76. The van der Waals surface area contributed by atoms with Gasteiger partial charge in [-0.25, -0.2) is 4.79 Å². The highest BCUT2D eigenvalue weighted by Gasteiger charge is 2.04. The monoisotopic (exact) mass is 247 g/mol. The second-order valence-corrected chi connectivity index (χ2v) is 4.12. The van der Waals surface area contributed by atoms with E-state index >= 15 is 0 Å². The average Bonchev–Trinajstić information content (AvgIpc) is 2.42. The van der Waals surface area contributed by atoms with Gasteiger partial charge in [0.15, 0.2) is 0 Å². The molecular weight excluding hydrogens is 227 g/mol. The summed E-state index contributed by atoms with van der Waals surface area (Å²) in [4.78, 5) is 11.2. The summed E-state index contributed by atoms with van der Waals surface area (Å²) in [6.07, 6.45) is 4.64. The zero-order chi connectivity index (χ0) is 13.2. The van der Waals surface area contributed by atoms with Crippen LogP contribution in [0.1, 0.15) is 29.6 Å². The summed E-state index contributed by atoms with van der Waals surface area (Å²) >= 11 is 0. The fourth-order valence-electron chi connectivity index (χ4n) is 1.62. The van der Waals surface area contributed by atoms with Crippen molar-refractivity contribution in [2.24, 2.45) is 0 Å². The number of carbonyl (C=O) groups excluding carboxylic acids is 1. The Bertz CT molecular complexity index is 349. The predicted molar refractivity (Wildman–Crippen MR) is 73.6 cm³/mol. The zero-order valence-corrected chi connectivity index (χ0v) is 11.1. The third-order valence-electron chi connectivity index (χ3n) is 2.68. The minimum absolute atomic E-state index is 0.322. The van der Waals surface area contributed by atoms with Crippen LogP contribution in [0.2, 0.25) is 13.1 Å². The van der Waals surface area contributed by atoms with Crippen molar-refractivity contribution in [2.45, 2.75) is 32.4 Å². The van der Waals surface area contributed by atoms with Crippen LogP contribution in [0.25, 0.3) is 0 Å². The highest BCUT2D eigenvalue weighted by molar-refractivity contribution is 6.33. The summed E-state index contributed by atoms with van der Waals surface area (Å²) in [6, 6.07) is 7.03. The molecule has 1 aromatic carbocycles. The molecular formula is C14H20BO3. The molecule has 1 aromatic rings. The number of ether oxygens (including phenoxy) is 2. The normalized spacial score (nSPS) is 9.89. The third kappa shape index (κ3) is 5.26. The molecule has 0 N–H and O–H groups in total. The van der Waals surface area contributed by atoms with Crippen molar-refractivity contribution in [1.29, 1.82) is 0 Å². The second kappa shape index (κ2) is 8.62. The largest absolute Gasteiger partial charge is 0.494 e. The van der Waals surface area contributed by atoms with Gasteiger partial charge in [0.25, 0.3) is 0 Å². The van der Waals surface area contributed by atoms with Crippen molar-refractivity contribution in [3.8, 4) is 5.75 Å². The van der Waals surface area contributed by atoms with Crippen molar-refractivity contribution in [3.05, 3.63) is 29.8 Å². The predicted octanol–water partition coefficient (Wildman–Crippen LogP) is 3.19. The molecule has 0 saturated carbocycles. The summed E-state index contributed by atoms with van der Waals surface area (Å²) < 4.78 is 10.2. The van der Waals surface area contributed by atoms with E-state index in [0.717, 1.165) is 18.8 Å². The first-order valence-corrected chi connectivity index (χ1v) is 6.37. The molecule has 1 radical (unpaired) electrons. The minimum atomic E-state index is -0.322. The SMILES string of the molecule is C[B]CCCCCOc1ccc(C(=O)OC)cc1. The van der Waals surface area contributed by atoms with E-state index in [1.807, 2.05) is 0 Å². The Balaban J connectivity index is 2.25. The van der Waals surface area contributed by atoms with Gasteiger partial charge in [-0.05, 0) is 30.7 Å². The molecule has 0 bridgehead atoms. The van der Waals surface area contributed by atoms with Crippen molar-refractivity contribution in [3.63, 3.8) is 0 Å². The lowest BCUT2D eigenvalue weighted by molar-refractivity contribution is 0.0600. The van der Waals surface area contributed by atoms with Gasteiger partial charge in [0, 0.05) is 0 Å². The molecule has 97 valence electrons. The number of esters is 1. The van der Waals surface area contributed by atoms with Crippen LogP contribution >= 0.6 is 0 Å². The van der Waals surface area contributed by atoms with Crippen LogP contribution in [-0.4, -0.2) is 27.0 Å². The van der Waals surface area contributed by atoms with Crippen LogP contribution < -0.4 is 4.74 Å². The smallest absolute Gasteiger partial charge is 0.337 e. The van der Waals surface area contributed by atoms with E-state index in [0.29, 0.717) is 5.56 Å². The molecule has 18 heavy (non-hydrogen) atoms. The van der Waals surface area contributed by atoms with Gasteiger partial charge < -0.3 is 9.47 Å². The molecule has 0 heterocycles. The molecule has 0 spiro atoms. The van der Waals surface area contributed by atoms with Crippen LogP contribution in [0.3, 0.4) is 0 Å². The van der Waals surface area contributed by atoms with Gasteiger partial charge in [-0.2, -0.15) is 0 Å². The summed E-state index contributed by atoms with van der Waals surface area (Å²) in [7, 11) is 3.56. The molecule has 3 nitrogen and oxygen atoms in total. The molecule has 0 aliphatic rings. The molecule has 0 aliphatic heterocycles. The van der Waals surface area contributed by atoms with E-state index in [1.165, 1.54) is 26.3 Å². The third-order valence-corrected chi connectivity index (χ3v) is 2.68. The number of rotatable bonds is 8. The van der Waals surface area contributed by atoms with E-state index in [9.17, 15) is 4.79 Å². The van der Waals surface area contributed by atoms with E-state index in [2.05, 4.69) is 18.8 Å². The Morgan fingerprint density at radius 2 is 1.89 bits per heavy atom. The van der Waals surface area contributed by atoms with Crippen molar-refractivity contribution < 1.29 is 14.3 Å². The average molecular weight is 247 g/mol. The molecule has 1 rings (SSSR count). The number of unbranched alkanes of at least 4 members (excludes halogenated alkanes) is 2. The summed E-state index contributed by atoms with van der Waals surface area (Å²) in [5.74, 6) is 0.474. The Morgan fingerprint density at radius 3 is 2.50 bits per heavy atom. The Morgan fingerprint density at radius 1 is 1.17 bits per heavy atom. The number of carbonyl (C=O) groups is 1. The highest BCUT2D eigenvalue weighted by atomic mass is 16.5. The van der Waals surface area contributed by atoms with Crippen LogP contribution in [0, 0.1) is 0 Å². The quantitative estimate of drug-likeness (QED) is 0.402. The standard InChI is InChI=1S/C14H20BO3/c1-15-10-4-3-5-11-18-13-8-6-12(7-9-13)14(16)17-2/h6-9H,3-5,10-11H2,1-2H3. The molecule has 0 aromatic heterocycles. The molecule has 4 heteroatoms. The number of hydrogen-bond donors (Lipinski definition) is 0. The first-order chi connectivity index (χ1) is 8.77. The lowest BCUT2D eigenvalue weighted by Crippen LogP contribution is -2.01. The van der Waals surface area contributed by atoms with Crippen molar-refractivity contribution in [1.82, 2.24) is 0 Å². The van der Waals surface area contributed by atoms with Crippen molar-refractivity contribution in [2.75, 3.05) is 13.7 Å². The fraction of sp³-hybridized carbons (Fsp3) is 0.500. The van der Waals surface area contributed by atoms with Crippen LogP contribution in [0.15, 0.2) is 24.3 Å². The molecule has 0 amide bonds. The number of methoxy groups -OCH3 is 1. The number of benzene rings is 1. The summed E-state index contributed by atoms with van der Waals surface area (Å²) in [5, 5.41) is 0. The zero-order valence-electron chi connectivity index (χ0n) is 11.1. The molecule has 0 unspecified atom stereocenters. The molecule has 0 atom stereocenters. The van der Waals surface area contributed by atoms with E-state index in [-0.39, 0.29) is 5.97 Å². The van der Waals surface area contributed by atoms with Gasteiger partial charge in [-0.1, -0.05) is 26.0 Å². The first-order valence-electron chi connectivity index (χ1n) is 6.37. The minimum Gasteiger partial charge on any atom is -0.494 e. The Hall–Kier alpha value is -1.45. The second-order valence-electron chi connectivity index (χ2n) is 4.12. The van der Waals surface area contributed by atoms with Gasteiger partial charge >= 0.3 is 5.97 Å². The van der Waals surface area contributed by atoms with Crippen LogP contribution in [0.5, 0.6) is 5.75 Å². The maximum absolute atomic E-state index is 11.2. The Labute approximate surface area is 110 Å². The maximum atomic E-state index is 11.2. The molecule has 0 saturated heterocycles. The van der Waals surface area contributed by atoms with E-state index in [1.54, 1.807) is 24.3 Å². The first kappa shape index (κ1) is 14.6.